The predicted octanol–water partition coefficient (Wildman–Crippen LogP) is 4.50. The van der Waals surface area contributed by atoms with Crippen molar-refractivity contribution in [2.24, 2.45) is 0 Å². The molecule has 144 valence electrons. The van der Waals surface area contributed by atoms with Gasteiger partial charge in [-0.05, 0) is 49.8 Å². The third-order valence-corrected chi connectivity index (χ3v) is 6.91. The number of nitrogens with zero attached hydrogens (tertiary/aromatic N) is 3. The van der Waals surface area contributed by atoms with Crippen LogP contribution in [0.25, 0.3) is 10.8 Å². The predicted molar refractivity (Wildman–Crippen MR) is 108 cm³/mol. The number of benzene rings is 1. The van der Waals surface area contributed by atoms with Crippen molar-refractivity contribution in [3.63, 3.8) is 0 Å². The molecule has 6 heteroatoms. The molecule has 2 aliphatic rings. The standard InChI is InChI=1S/C22H23N3O2S/c1-14-5-4-6-15(9-14)12-25-13-17(11-20(25)26)21-23-22(27-24-21)19-10-16-7-2-3-8-18(16)28-19/h4-6,9-10,17H,2-3,7-8,11-13H2,1H3. The van der Waals surface area contributed by atoms with Crippen LogP contribution in [0.15, 0.2) is 34.9 Å². The number of likely N-dealkylation sites (tertiary alicyclic amines) is 1. The number of carbonyl (C=O) groups excluding carboxylic acids is 1. The van der Waals surface area contributed by atoms with Gasteiger partial charge >= 0.3 is 0 Å². The smallest absolute Gasteiger partial charge is 0.268 e. The summed E-state index contributed by atoms with van der Waals surface area (Å²) in [4.78, 5) is 21.6. The zero-order valence-electron chi connectivity index (χ0n) is 16.0. The van der Waals surface area contributed by atoms with Gasteiger partial charge in [0.2, 0.25) is 5.91 Å². The highest BCUT2D eigenvalue weighted by Crippen LogP contribution is 2.36. The third-order valence-electron chi connectivity index (χ3n) is 5.68. The molecule has 2 aromatic heterocycles. The maximum atomic E-state index is 12.5. The molecule has 1 aliphatic heterocycles. The van der Waals surface area contributed by atoms with Crippen LogP contribution < -0.4 is 0 Å². The highest BCUT2D eigenvalue weighted by molar-refractivity contribution is 7.15. The van der Waals surface area contributed by atoms with E-state index in [0.29, 0.717) is 31.2 Å². The fourth-order valence-electron chi connectivity index (χ4n) is 4.23. The SMILES string of the molecule is Cc1cccc(CN2CC(c3noc(-c4cc5c(s4)CCCC5)n3)CC2=O)c1. The highest BCUT2D eigenvalue weighted by Gasteiger charge is 2.34. The molecule has 1 fully saturated rings. The van der Waals surface area contributed by atoms with Crippen molar-refractivity contribution >= 4 is 17.2 Å². The summed E-state index contributed by atoms with van der Waals surface area (Å²) < 4.78 is 5.56. The third kappa shape index (κ3) is 3.37. The summed E-state index contributed by atoms with van der Waals surface area (Å²) in [6, 6.07) is 10.5. The number of rotatable bonds is 4. The Morgan fingerprint density at radius 3 is 3.00 bits per heavy atom. The summed E-state index contributed by atoms with van der Waals surface area (Å²) in [6.45, 7) is 3.35. The molecule has 1 atom stereocenters. The molecule has 28 heavy (non-hydrogen) atoms. The van der Waals surface area contributed by atoms with Gasteiger partial charge < -0.3 is 9.42 Å². The maximum Gasteiger partial charge on any atom is 0.268 e. The number of thiophene rings is 1. The van der Waals surface area contributed by atoms with Crippen LogP contribution in [0, 0.1) is 6.92 Å². The first kappa shape index (κ1) is 17.6. The van der Waals surface area contributed by atoms with Crippen molar-refractivity contribution in [1.82, 2.24) is 15.0 Å². The number of hydrogen-bond donors (Lipinski definition) is 0. The lowest BCUT2D eigenvalue weighted by molar-refractivity contribution is -0.128. The summed E-state index contributed by atoms with van der Waals surface area (Å²) in [5, 5.41) is 4.21. The van der Waals surface area contributed by atoms with E-state index in [9.17, 15) is 4.79 Å². The lowest BCUT2D eigenvalue weighted by Crippen LogP contribution is -2.24. The topological polar surface area (TPSA) is 59.2 Å². The molecule has 1 amide bonds. The normalized spacial score (nSPS) is 19.2. The van der Waals surface area contributed by atoms with E-state index in [-0.39, 0.29) is 11.8 Å². The van der Waals surface area contributed by atoms with Crippen LogP contribution >= 0.6 is 11.3 Å². The molecule has 3 aromatic rings. The molecule has 0 radical (unpaired) electrons. The molecule has 5 rings (SSSR count). The first-order valence-corrected chi connectivity index (χ1v) is 10.8. The van der Waals surface area contributed by atoms with Crippen molar-refractivity contribution in [2.45, 2.75) is 51.5 Å². The van der Waals surface area contributed by atoms with Crippen LogP contribution in [0.1, 0.15) is 52.6 Å². The monoisotopic (exact) mass is 393 g/mol. The van der Waals surface area contributed by atoms with Gasteiger partial charge in [0.1, 0.15) is 0 Å². The van der Waals surface area contributed by atoms with E-state index in [1.807, 2.05) is 11.0 Å². The molecule has 3 heterocycles. The zero-order valence-corrected chi connectivity index (χ0v) is 16.8. The van der Waals surface area contributed by atoms with Crippen LogP contribution in [0.4, 0.5) is 0 Å². The Balaban J connectivity index is 1.31. The van der Waals surface area contributed by atoms with Gasteiger partial charge in [0, 0.05) is 30.3 Å². The quantitative estimate of drug-likeness (QED) is 0.655. The van der Waals surface area contributed by atoms with Crippen molar-refractivity contribution in [2.75, 3.05) is 6.54 Å². The highest BCUT2D eigenvalue weighted by atomic mass is 32.1. The number of aryl methyl sites for hydroxylation is 3. The molecule has 0 saturated carbocycles. The van der Waals surface area contributed by atoms with Gasteiger partial charge in [-0.1, -0.05) is 35.0 Å². The van der Waals surface area contributed by atoms with Crippen molar-refractivity contribution in [3.8, 4) is 10.8 Å². The number of carbonyl (C=O) groups is 1. The fourth-order valence-corrected chi connectivity index (χ4v) is 5.40. The Morgan fingerprint density at radius 1 is 1.25 bits per heavy atom. The molecule has 0 spiro atoms. The second-order valence-corrected chi connectivity index (χ2v) is 9.03. The van der Waals surface area contributed by atoms with E-state index in [1.165, 1.54) is 28.8 Å². The van der Waals surface area contributed by atoms with E-state index in [2.05, 4.69) is 41.3 Å². The zero-order chi connectivity index (χ0) is 19.1. The minimum absolute atomic E-state index is 0.00407. The summed E-state index contributed by atoms with van der Waals surface area (Å²) in [5.41, 5.74) is 3.81. The van der Waals surface area contributed by atoms with Crippen LogP contribution in [-0.2, 0) is 24.2 Å². The molecule has 1 aliphatic carbocycles. The van der Waals surface area contributed by atoms with E-state index >= 15 is 0 Å². The Labute approximate surface area is 168 Å². The Kier molecular flexibility index (Phi) is 4.51. The molecule has 1 unspecified atom stereocenters. The lowest BCUT2D eigenvalue weighted by atomic mass is 9.99. The van der Waals surface area contributed by atoms with Gasteiger partial charge in [0.25, 0.3) is 5.89 Å². The molecule has 0 N–H and O–H groups in total. The fraction of sp³-hybridized carbons (Fsp3) is 0.409. The molecule has 5 nitrogen and oxygen atoms in total. The van der Waals surface area contributed by atoms with Crippen molar-refractivity contribution in [3.05, 3.63) is 57.7 Å². The second-order valence-electron chi connectivity index (χ2n) is 7.89. The summed E-state index contributed by atoms with van der Waals surface area (Å²) in [5.74, 6) is 1.41. The number of amides is 1. The first-order chi connectivity index (χ1) is 13.7. The lowest BCUT2D eigenvalue weighted by Gasteiger charge is -2.16. The van der Waals surface area contributed by atoms with Gasteiger partial charge in [0.15, 0.2) is 5.82 Å². The van der Waals surface area contributed by atoms with E-state index in [0.717, 1.165) is 23.3 Å². The second kappa shape index (κ2) is 7.17. The minimum Gasteiger partial charge on any atom is -0.338 e. The average Bonchev–Trinajstić information content (AvgIpc) is 3.40. The first-order valence-electron chi connectivity index (χ1n) is 9.94. The summed E-state index contributed by atoms with van der Waals surface area (Å²) in [6.07, 6.45) is 5.29. The molecular formula is C22H23N3O2S. The number of hydrogen-bond acceptors (Lipinski definition) is 5. The van der Waals surface area contributed by atoms with Crippen LogP contribution in [0.2, 0.25) is 0 Å². The van der Waals surface area contributed by atoms with Crippen LogP contribution in [-0.4, -0.2) is 27.5 Å². The van der Waals surface area contributed by atoms with Crippen molar-refractivity contribution < 1.29 is 9.32 Å². The van der Waals surface area contributed by atoms with Crippen LogP contribution in [0.3, 0.4) is 0 Å². The summed E-state index contributed by atoms with van der Waals surface area (Å²) in [7, 11) is 0. The average molecular weight is 394 g/mol. The molecular weight excluding hydrogens is 370 g/mol. The number of aromatic nitrogens is 2. The maximum absolute atomic E-state index is 12.5. The van der Waals surface area contributed by atoms with Gasteiger partial charge in [-0.15, -0.1) is 11.3 Å². The van der Waals surface area contributed by atoms with Gasteiger partial charge in [-0.25, -0.2) is 0 Å². The minimum atomic E-state index is 0.00407. The van der Waals surface area contributed by atoms with Gasteiger partial charge in [-0.2, -0.15) is 4.98 Å². The number of fused-ring (bicyclic) bond motifs is 1. The van der Waals surface area contributed by atoms with Gasteiger partial charge in [-0.3, -0.25) is 4.79 Å². The Bertz CT molecular complexity index is 999. The summed E-state index contributed by atoms with van der Waals surface area (Å²) >= 11 is 1.77. The van der Waals surface area contributed by atoms with E-state index in [1.54, 1.807) is 11.3 Å². The molecule has 0 bridgehead atoms. The van der Waals surface area contributed by atoms with Gasteiger partial charge in [0.05, 0.1) is 4.88 Å². The Morgan fingerprint density at radius 2 is 2.14 bits per heavy atom. The van der Waals surface area contributed by atoms with E-state index < -0.39 is 0 Å². The molecule has 1 saturated heterocycles. The largest absolute Gasteiger partial charge is 0.338 e. The molecule has 1 aromatic carbocycles. The Hall–Kier alpha value is -2.47. The van der Waals surface area contributed by atoms with Crippen molar-refractivity contribution in [1.29, 1.82) is 0 Å². The van der Waals surface area contributed by atoms with Crippen LogP contribution in [0.5, 0.6) is 0 Å². The van der Waals surface area contributed by atoms with E-state index in [4.69, 9.17) is 4.52 Å².